The van der Waals surface area contributed by atoms with E-state index in [-0.39, 0.29) is 12.5 Å². The topological polar surface area (TPSA) is 41.6 Å². The Morgan fingerprint density at radius 3 is 2.83 bits per heavy atom. The maximum Gasteiger partial charge on any atom is 0.416 e. The summed E-state index contributed by atoms with van der Waals surface area (Å²) in [6.45, 7) is 4.59. The third-order valence-corrected chi connectivity index (χ3v) is 3.58. The maximum atomic E-state index is 12.6. The van der Waals surface area contributed by atoms with E-state index in [0.29, 0.717) is 31.5 Å². The SMILES string of the molecule is C=CCC(=O)N1CC=C(NOCc2cccc(C(F)(F)F)c2)CC1. The molecular weight excluding hydrogens is 321 g/mol. The first-order valence-electron chi connectivity index (χ1n) is 7.52. The smallest absolute Gasteiger partial charge is 0.338 e. The predicted octanol–water partition coefficient (Wildman–Crippen LogP) is 3.42. The van der Waals surface area contributed by atoms with Crippen LogP contribution in [0.3, 0.4) is 0 Å². The normalized spacial score (nSPS) is 15.0. The number of rotatable bonds is 6. The van der Waals surface area contributed by atoms with E-state index in [9.17, 15) is 18.0 Å². The van der Waals surface area contributed by atoms with E-state index in [1.54, 1.807) is 17.0 Å². The van der Waals surface area contributed by atoms with Crippen molar-refractivity contribution < 1.29 is 22.8 Å². The lowest BCUT2D eigenvalue weighted by atomic mass is 10.1. The summed E-state index contributed by atoms with van der Waals surface area (Å²) in [5.41, 5.74) is 3.28. The van der Waals surface area contributed by atoms with Crippen LogP contribution in [0.5, 0.6) is 0 Å². The lowest BCUT2D eigenvalue weighted by Crippen LogP contribution is -2.36. The number of hydrogen-bond donors (Lipinski definition) is 1. The Hall–Kier alpha value is -2.28. The second-order valence-electron chi connectivity index (χ2n) is 5.40. The van der Waals surface area contributed by atoms with Gasteiger partial charge in [0.2, 0.25) is 5.91 Å². The van der Waals surface area contributed by atoms with Gasteiger partial charge in [-0.1, -0.05) is 18.2 Å². The van der Waals surface area contributed by atoms with E-state index in [0.717, 1.165) is 17.8 Å². The van der Waals surface area contributed by atoms with E-state index >= 15 is 0 Å². The molecule has 0 unspecified atom stereocenters. The van der Waals surface area contributed by atoms with Crippen molar-refractivity contribution >= 4 is 5.91 Å². The molecule has 7 heteroatoms. The quantitative estimate of drug-likeness (QED) is 0.637. The van der Waals surface area contributed by atoms with Crippen molar-refractivity contribution in [3.8, 4) is 0 Å². The van der Waals surface area contributed by atoms with Gasteiger partial charge in [0, 0.05) is 31.6 Å². The van der Waals surface area contributed by atoms with Crippen molar-refractivity contribution in [3.63, 3.8) is 0 Å². The predicted molar refractivity (Wildman–Crippen MR) is 83.5 cm³/mol. The van der Waals surface area contributed by atoms with Gasteiger partial charge in [-0.25, -0.2) is 0 Å². The van der Waals surface area contributed by atoms with E-state index in [1.165, 1.54) is 6.07 Å². The van der Waals surface area contributed by atoms with Gasteiger partial charge < -0.3 is 4.90 Å². The minimum absolute atomic E-state index is 0.0143. The van der Waals surface area contributed by atoms with E-state index in [2.05, 4.69) is 12.1 Å². The molecule has 1 aliphatic heterocycles. The first kappa shape index (κ1) is 18.1. The summed E-state index contributed by atoms with van der Waals surface area (Å²) >= 11 is 0. The lowest BCUT2D eigenvalue weighted by Gasteiger charge is -2.26. The van der Waals surface area contributed by atoms with Gasteiger partial charge in [-0.05, 0) is 23.8 Å². The van der Waals surface area contributed by atoms with Crippen LogP contribution < -0.4 is 5.48 Å². The van der Waals surface area contributed by atoms with Gasteiger partial charge in [-0.15, -0.1) is 6.58 Å². The number of benzene rings is 1. The molecule has 1 amide bonds. The molecule has 0 bridgehead atoms. The van der Waals surface area contributed by atoms with Crippen molar-refractivity contribution in [1.29, 1.82) is 0 Å². The fourth-order valence-corrected chi connectivity index (χ4v) is 2.29. The molecule has 0 aliphatic carbocycles. The number of hydrogen-bond acceptors (Lipinski definition) is 3. The molecule has 1 aromatic rings. The Morgan fingerprint density at radius 2 is 2.21 bits per heavy atom. The second-order valence-corrected chi connectivity index (χ2v) is 5.40. The number of carbonyl (C=O) groups excluding carboxylic acids is 1. The first-order valence-corrected chi connectivity index (χ1v) is 7.52. The number of amides is 1. The van der Waals surface area contributed by atoms with Crippen LogP contribution >= 0.6 is 0 Å². The summed E-state index contributed by atoms with van der Waals surface area (Å²) in [5.74, 6) is 0.0187. The fourth-order valence-electron chi connectivity index (χ4n) is 2.29. The number of nitrogens with zero attached hydrogens (tertiary/aromatic N) is 1. The number of alkyl halides is 3. The van der Waals surface area contributed by atoms with E-state index in [1.807, 2.05) is 6.08 Å². The highest BCUT2D eigenvalue weighted by Gasteiger charge is 2.30. The second kappa shape index (κ2) is 8.01. The zero-order chi connectivity index (χ0) is 17.6. The van der Waals surface area contributed by atoms with Crippen LogP contribution in [0.1, 0.15) is 24.0 Å². The highest BCUT2D eigenvalue weighted by molar-refractivity contribution is 5.77. The molecule has 4 nitrogen and oxygen atoms in total. The maximum absolute atomic E-state index is 12.6. The van der Waals surface area contributed by atoms with Crippen molar-refractivity contribution in [3.05, 3.63) is 59.8 Å². The Morgan fingerprint density at radius 1 is 1.42 bits per heavy atom. The summed E-state index contributed by atoms with van der Waals surface area (Å²) in [5, 5.41) is 0. The van der Waals surface area contributed by atoms with Gasteiger partial charge in [0.1, 0.15) is 0 Å². The molecule has 24 heavy (non-hydrogen) atoms. The highest BCUT2D eigenvalue weighted by Crippen LogP contribution is 2.29. The van der Waals surface area contributed by atoms with Gasteiger partial charge in [0.25, 0.3) is 0 Å². The monoisotopic (exact) mass is 340 g/mol. The molecule has 2 rings (SSSR count). The van der Waals surface area contributed by atoms with Crippen LogP contribution in [0.4, 0.5) is 13.2 Å². The van der Waals surface area contributed by atoms with Gasteiger partial charge in [0.15, 0.2) is 0 Å². The molecule has 1 aliphatic rings. The molecule has 130 valence electrons. The standard InChI is InChI=1S/C17H19F3N2O2/c1-2-4-16(23)22-9-7-15(8-10-22)21-24-12-13-5-3-6-14(11-13)17(18,19)20/h2-3,5-7,11,21H,1,4,8-10,12H2. The van der Waals surface area contributed by atoms with Crippen LogP contribution in [0, 0.1) is 0 Å². The first-order chi connectivity index (χ1) is 11.4. The van der Waals surface area contributed by atoms with E-state index in [4.69, 9.17) is 4.84 Å². The molecule has 0 saturated heterocycles. The highest BCUT2D eigenvalue weighted by atomic mass is 19.4. The Bertz CT molecular complexity index is 627. The van der Waals surface area contributed by atoms with Crippen molar-refractivity contribution in [2.24, 2.45) is 0 Å². The Balaban J connectivity index is 1.81. The van der Waals surface area contributed by atoms with Crippen LogP contribution in [0.25, 0.3) is 0 Å². The molecule has 0 spiro atoms. The van der Waals surface area contributed by atoms with Crippen LogP contribution in [0.15, 0.2) is 48.7 Å². The van der Waals surface area contributed by atoms with E-state index < -0.39 is 11.7 Å². The summed E-state index contributed by atoms with van der Waals surface area (Å²) in [6.07, 6.45) is -0.0560. The average Bonchev–Trinajstić information content (AvgIpc) is 2.55. The number of hydroxylamine groups is 1. The number of carbonyl (C=O) groups is 1. The van der Waals surface area contributed by atoms with Crippen molar-refractivity contribution in [2.75, 3.05) is 13.1 Å². The summed E-state index contributed by atoms with van der Waals surface area (Å²) in [7, 11) is 0. The van der Waals surface area contributed by atoms with Crippen LogP contribution in [-0.2, 0) is 22.4 Å². The minimum Gasteiger partial charge on any atom is -0.338 e. The van der Waals surface area contributed by atoms with Crippen LogP contribution in [0.2, 0.25) is 0 Å². The zero-order valence-corrected chi connectivity index (χ0v) is 13.1. The Kier molecular flexibility index (Phi) is 6.03. The summed E-state index contributed by atoms with van der Waals surface area (Å²) in [4.78, 5) is 18.7. The molecule has 0 fully saturated rings. The Labute approximate surface area is 138 Å². The minimum atomic E-state index is -4.36. The van der Waals surface area contributed by atoms with Crippen LogP contribution in [-0.4, -0.2) is 23.9 Å². The van der Waals surface area contributed by atoms with Gasteiger partial charge >= 0.3 is 6.18 Å². The number of nitrogens with one attached hydrogen (secondary N) is 1. The molecule has 0 radical (unpaired) electrons. The molecular formula is C17H19F3N2O2. The third kappa shape index (κ3) is 5.13. The average molecular weight is 340 g/mol. The number of halogens is 3. The van der Waals surface area contributed by atoms with Crippen molar-refractivity contribution in [1.82, 2.24) is 10.4 Å². The van der Waals surface area contributed by atoms with Gasteiger partial charge in [-0.2, -0.15) is 13.2 Å². The molecule has 1 N–H and O–H groups in total. The van der Waals surface area contributed by atoms with Gasteiger partial charge in [-0.3, -0.25) is 15.1 Å². The third-order valence-electron chi connectivity index (χ3n) is 3.58. The fraction of sp³-hybridized carbons (Fsp3) is 0.353. The lowest BCUT2D eigenvalue weighted by molar-refractivity contribution is -0.137. The largest absolute Gasteiger partial charge is 0.416 e. The molecule has 0 atom stereocenters. The molecule has 0 saturated carbocycles. The van der Waals surface area contributed by atoms with Crippen molar-refractivity contribution in [2.45, 2.75) is 25.6 Å². The van der Waals surface area contributed by atoms with Gasteiger partial charge in [0.05, 0.1) is 12.2 Å². The molecule has 1 heterocycles. The molecule has 1 aromatic carbocycles. The zero-order valence-electron chi connectivity index (χ0n) is 13.1. The molecule has 0 aromatic heterocycles. The summed E-state index contributed by atoms with van der Waals surface area (Å²) < 4.78 is 37.9. The summed E-state index contributed by atoms with van der Waals surface area (Å²) in [6, 6.07) is 5.01.